The Kier molecular flexibility index (Phi) is 7.01. The Bertz CT molecular complexity index is 1050. The highest BCUT2D eigenvalue weighted by Crippen LogP contribution is 2.44. The molecule has 1 saturated carbocycles. The van der Waals surface area contributed by atoms with Crippen LogP contribution in [-0.4, -0.2) is 50.2 Å². The molecule has 7 rings (SSSR count). The molecule has 0 amide bonds. The van der Waals surface area contributed by atoms with Crippen molar-refractivity contribution >= 4 is 0 Å². The van der Waals surface area contributed by atoms with Crippen LogP contribution in [0.2, 0.25) is 0 Å². The molecule has 188 valence electrons. The summed E-state index contributed by atoms with van der Waals surface area (Å²) in [7, 11) is 1.65. The lowest BCUT2D eigenvalue weighted by Gasteiger charge is -2.58. The Hall–Kier alpha value is -2.78. The van der Waals surface area contributed by atoms with Gasteiger partial charge in [0.15, 0.2) is 0 Å². The van der Waals surface area contributed by atoms with Crippen molar-refractivity contribution < 1.29 is 33.2 Å². The maximum Gasteiger partial charge on any atom is 0.272 e. The highest BCUT2D eigenvalue weighted by Gasteiger charge is 2.63. The number of rotatable bonds is 10. The monoisotopic (exact) mass is 490 g/mol. The molecule has 4 atom stereocenters. The number of hydrogen-bond donors (Lipinski definition) is 0. The Balaban J connectivity index is 1.21. The predicted molar refractivity (Wildman–Crippen MR) is 130 cm³/mol. The molecular weight excluding hydrogens is 460 g/mol. The quantitative estimate of drug-likeness (QED) is 0.421. The van der Waals surface area contributed by atoms with Crippen LogP contribution in [0.25, 0.3) is 0 Å². The molecule has 4 bridgehead atoms. The van der Waals surface area contributed by atoms with Gasteiger partial charge in [0.25, 0.3) is 6.48 Å². The van der Waals surface area contributed by atoms with E-state index in [1.54, 1.807) is 7.11 Å². The Morgan fingerprint density at radius 1 is 0.528 bits per heavy atom. The maximum absolute atomic E-state index is 6.44. The normalized spacial score (nSPS) is 30.4. The molecule has 4 aliphatic rings. The minimum Gasteiger partial charge on any atom is -0.497 e. The standard InChI is InChI=1S/C29H30O7/c1-30-22-14-12-21(13-15-22)18-33-25-27-23(31-16-19-8-4-2-5-9-19)26-24(28(25)36-29(34-26)35-27)32-17-20-10-6-3-7-11-20/h2-15,23-29H,16-18H2,1H3. The van der Waals surface area contributed by atoms with E-state index in [0.29, 0.717) is 19.8 Å². The summed E-state index contributed by atoms with van der Waals surface area (Å²) in [6.45, 7) is 0.552. The first kappa shape index (κ1) is 23.6. The first-order chi connectivity index (χ1) is 17.8. The molecule has 0 spiro atoms. The first-order valence-corrected chi connectivity index (χ1v) is 12.3. The molecule has 0 aromatic heterocycles. The summed E-state index contributed by atoms with van der Waals surface area (Å²) < 4.78 is 42.8. The summed E-state index contributed by atoms with van der Waals surface area (Å²) in [5, 5.41) is 0. The van der Waals surface area contributed by atoms with Crippen molar-refractivity contribution in [1.29, 1.82) is 0 Å². The number of hydrogen-bond acceptors (Lipinski definition) is 7. The van der Waals surface area contributed by atoms with Crippen LogP contribution in [0.1, 0.15) is 16.7 Å². The van der Waals surface area contributed by atoms with E-state index in [0.717, 1.165) is 22.4 Å². The molecule has 1 aliphatic carbocycles. The minimum absolute atomic E-state index is 0.319. The van der Waals surface area contributed by atoms with Crippen molar-refractivity contribution in [3.63, 3.8) is 0 Å². The number of methoxy groups -OCH3 is 1. The molecular formula is C29H30O7. The SMILES string of the molecule is COc1ccc(COC2C3OC4OC(C3OCc3ccccc3)C(OCc3ccccc3)C2O4)cc1. The van der Waals surface area contributed by atoms with Gasteiger partial charge in [0.05, 0.1) is 26.9 Å². The van der Waals surface area contributed by atoms with Crippen molar-refractivity contribution in [1.82, 2.24) is 0 Å². The average Bonchev–Trinajstić information content (AvgIpc) is 2.93. The fourth-order valence-electron chi connectivity index (χ4n) is 5.08. The van der Waals surface area contributed by atoms with Crippen molar-refractivity contribution in [2.45, 2.75) is 62.9 Å². The zero-order valence-electron chi connectivity index (χ0n) is 20.1. The summed E-state index contributed by atoms with van der Waals surface area (Å²) in [6.07, 6.45) is -2.06. The molecule has 3 aromatic carbocycles. The predicted octanol–water partition coefficient (Wildman–Crippen LogP) is 4.23. The second-order valence-corrected chi connectivity index (χ2v) is 9.24. The Morgan fingerprint density at radius 3 is 1.31 bits per heavy atom. The largest absolute Gasteiger partial charge is 0.497 e. The van der Waals surface area contributed by atoms with Gasteiger partial charge in [0.2, 0.25) is 0 Å². The molecule has 7 heteroatoms. The Morgan fingerprint density at radius 2 is 0.917 bits per heavy atom. The third-order valence-corrected chi connectivity index (χ3v) is 6.92. The van der Waals surface area contributed by atoms with Gasteiger partial charge < -0.3 is 33.2 Å². The summed E-state index contributed by atoms with van der Waals surface area (Å²) in [4.78, 5) is 0. The molecule has 7 nitrogen and oxygen atoms in total. The second-order valence-electron chi connectivity index (χ2n) is 9.24. The third-order valence-electron chi connectivity index (χ3n) is 6.92. The smallest absolute Gasteiger partial charge is 0.272 e. The summed E-state index contributed by atoms with van der Waals surface area (Å²) in [6, 6.07) is 28.0. The van der Waals surface area contributed by atoms with Crippen LogP contribution >= 0.6 is 0 Å². The molecule has 3 heterocycles. The van der Waals surface area contributed by atoms with Crippen LogP contribution in [0.5, 0.6) is 5.75 Å². The zero-order chi connectivity index (χ0) is 24.3. The molecule has 0 radical (unpaired) electrons. The third kappa shape index (κ3) is 4.91. The van der Waals surface area contributed by atoms with E-state index in [2.05, 4.69) is 0 Å². The summed E-state index contributed by atoms with van der Waals surface area (Å²) in [5.74, 6) is 0.806. The van der Waals surface area contributed by atoms with E-state index in [1.807, 2.05) is 84.9 Å². The van der Waals surface area contributed by atoms with E-state index in [1.165, 1.54) is 0 Å². The van der Waals surface area contributed by atoms with Gasteiger partial charge in [-0.15, -0.1) is 0 Å². The van der Waals surface area contributed by atoms with E-state index >= 15 is 0 Å². The van der Waals surface area contributed by atoms with Gasteiger partial charge >= 0.3 is 0 Å². The van der Waals surface area contributed by atoms with Gasteiger partial charge in [-0.1, -0.05) is 72.8 Å². The summed E-state index contributed by atoms with van der Waals surface area (Å²) in [5.41, 5.74) is 3.20. The molecule has 0 N–H and O–H groups in total. The lowest BCUT2D eigenvalue weighted by Crippen LogP contribution is -2.76. The van der Waals surface area contributed by atoms with Crippen molar-refractivity contribution in [2.24, 2.45) is 0 Å². The number of ether oxygens (including phenoxy) is 7. The van der Waals surface area contributed by atoms with Gasteiger partial charge in [-0.25, -0.2) is 0 Å². The lowest BCUT2D eigenvalue weighted by molar-refractivity contribution is -0.490. The average molecular weight is 491 g/mol. The van der Waals surface area contributed by atoms with E-state index in [-0.39, 0.29) is 36.6 Å². The van der Waals surface area contributed by atoms with E-state index in [4.69, 9.17) is 33.2 Å². The fourth-order valence-corrected chi connectivity index (χ4v) is 5.08. The Labute approximate surface area is 210 Å². The molecule has 4 unspecified atom stereocenters. The van der Waals surface area contributed by atoms with E-state index in [9.17, 15) is 0 Å². The van der Waals surface area contributed by atoms with Gasteiger partial charge in [0.1, 0.15) is 42.4 Å². The molecule has 36 heavy (non-hydrogen) atoms. The highest BCUT2D eigenvalue weighted by molar-refractivity contribution is 5.26. The van der Waals surface area contributed by atoms with Crippen LogP contribution in [0.15, 0.2) is 84.9 Å². The second kappa shape index (κ2) is 10.7. The first-order valence-electron chi connectivity index (χ1n) is 12.3. The lowest BCUT2D eigenvalue weighted by atomic mass is 9.82. The van der Waals surface area contributed by atoms with Crippen LogP contribution in [0.3, 0.4) is 0 Å². The van der Waals surface area contributed by atoms with Crippen LogP contribution in [0, 0.1) is 0 Å². The van der Waals surface area contributed by atoms with Crippen LogP contribution < -0.4 is 4.74 Å². The van der Waals surface area contributed by atoms with Crippen molar-refractivity contribution in [3.8, 4) is 5.75 Å². The van der Waals surface area contributed by atoms with Crippen LogP contribution in [0.4, 0.5) is 0 Å². The van der Waals surface area contributed by atoms with Crippen molar-refractivity contribution in [3.05, 3.63) is 102 Å². The zero-order valence-corrected chi connectivity index (χ0v) is 20.1. The van der Waals surface area contributed by atoms with Crippen LogP contribution in [-0.2, 0) is 48.2 Å². The topological polar surface area (TPSA) is 64.6 Å². The van der Waals surface area contributed by atoms with Gasteiger partial charge in [-0.05, 0) is 28.8 Å². The molecule has 3 saturated heterocycles. The van der Waals surface area contributed by atoms with Crippen molar-refractivity contribution in [2.75, 3.05) is 7.11 Å². The summed E-state index contributed by atoms with van der Waals surface area (Å²) >= 11 is 0. The fraction of sp³-hybridized carbons (Fsp3) is 0.379. The van der Waals surface area contributed by atoms with E-state index < -0.39 is 6.48 Å². The van der Waals surface area contributed by atoms with Gasteiger partial charge in [-0.3, -0.25) is 0 Å². The molecule has 3 aromatic rings. The molecule has 3 aliphatic heterocycles. The number of benzene rings is 3. The highest BCUT2D eigenvalue weighted by atomic mass is 16.9. The van der Waals surface area contributed by atoms with Gasteiger partial charge in [0, 0.05) is 0 Å². The van der Waals surface area contributed by atoms with Gasteiger partial charge in [-0.2, -0.15) is 0 Å². The minimum atomic E-state index is -0.737. The maximum atomic E-state index is 6.44. The molecule has 4 fully saturated rings.